The van der Waals surface area contributed by atoms with Crippen LogP contribution in [-0.2, 0) is 19.9 Å². The van der Waals surface area contributed by atoms with Gasteiger partial charge in [0.05, 0.1) is 23.9 Å². The zero-order valence-corrected chi connectivity index (χ0v) is 16.0. The molecule has 0 bridgehead atoms. The molecule has 0 unspecified atom stereocenters. The van der Waals surface area contributed by atoms with E-state index in [1.807, 2.05) is 26.2 Å². The number of aromatic nitrogens is 3. The Kier molecular flexibility index (Phi) is 5.74. The summed E-state index contributed by atoms with van der Waals surface area (Å²) in [6.45, 7) is 3.70. The van der Waals surface area contributed by atoms with Crippen LogP contribution < -0.4 is 10.1 Å². The molecular weight excluding hydrogens is 336 g/mol. The van der Waals surface area contributed by atoms with Crippen molar-refractivity contribution in [3.05, 3.63) is 77.8 Å². The van der Waals surface area contributed by atoms with Gasteiger partial charge in [0.25, 0.3) is 0 Å². The predicted molar refractivity (Wildman–Crippen MR) is 110 cm³/mol. The van der Waals surface area contributed by atoms with Crippen molar-refractivity contribution in [2.45, 2.75) is 12.8 Å². The second kappa shape index (κ2) is 8.39. The number of pyridine rings is 1. The van der Waals surface area contributed by atoms with E-state index in [-0.39, 0.29) is 0 Å². The van der Waals surface area contributed by atoms with E-state index in [1.165, 1.54) is 5.56 Å². The number of imidazole rings is 1. The fourth-order valence-electron chi connectivity index (χ4n) is 3.03. The van der Waals surface area contributed by atoms with Gasteiger partial charge in [-0.2, -0.15) is 4.98 Å². The van der Waals surface area contributed by atoms with Crippen LogP contribution in [0.4, 0.5) is 0 Å². The lowest BCUT2D eigenvalue weighted by molar-refractivity contribution is 0.397. The molecule has 0 saturated carbocycles. The van der Waals surface area contributed by atoms with Gasteiger partial charge in [-0.1, -0.05) is 48.7 Å². The fraction of sp³-hybridized carbons (Fsp3) is 0.227. The minimum absolute atomic E-state index is 0.518. The third kappa shape index (κ3) is 3.94. The number of fused-ring (bicyclic) bond motifs is 1. The number of rotatable bonds is 7. The van der Waals surface area contributed by atoms with Crippen LogP contribution in [0.5, 0.6) is 5.88 Å². The van der Waals surface area contributed by atoms with Crippen molar-refractivity contribution in [3.63, 3.8) is 0 Å². The topological polar surface area (TPSA) is 52.0 Å². The van der Waals surface area contributed by atoms with Gasteiger partial charge in [-0.25, -0.2) is 4.98 Å². The summed E-state index contributed by atoms with van der Waals surface area (Å²) in [7, 11) is 5.48. The molecule has 0 atom stereocenters. The standard InChI is InChI=1S/C22H24N4O/c1-5-6-12-18(23-2)17-15-19-21(25-22(17)27-4)24-20(26(19)3)14-13-16-10-8-7-9-11-16/h5-11,15,23H,1,13-14H2,2-4H3. The number of hydrogen-bond donors (Lipinski definition) is 1. The van der Waals surface area contributed by atoms with Crippen molar-refractivity contribution in [2.75, 3.05) is 14.2 Å². The van der Waals surface area contributed by atoms with Crippen molar-refractivity contribution in [2.24, 2.45) is 7.05 Å². The minimum atomic E-state index is 0.518. The number of benzene rings is 1. The SMILES string of the molecule is C=CC=C=C(NC)c1cc2c(nc1OC)nc(CCc1ccccc1)n2C. The first kappa shape index (κ1) is 18.5. The summed E-state index contributed by atoms with van der Waals surface area (Å²) in [4.78, 5) is 9.33. The zero-order chi connectivity index (χ0) is 19.2. The number of allylic oxidation sites excluding steroid dienone is 2. The van der Waals surface area contributed by atoms with Crippen LogP contribution in [0.15, 0.2) is 60.9 Å². The largest absolute Gasteiger partial charge is 0.480 e. The molecule has 1 N–H and O–H groups in total. The van der Waals surface area contributed by atoms with Gasteiger partial charge in [-0.15, -0.1) is 0 Å². The molecule has 2 aromatic heterocycles. The molecule has 5 nitrogen and oxygen atoms in total. The molecule has 138 valence electrons. The molecule has 0 amide bonds. The van der Waals surface area contributed by atoms with Gasteiger partial charge >= 0.3 is 0 Å². The average molecular weight is 360 g/mol. The Labute approximate surface area is 159 Å². The predicted octanol–water partition coefficient (Wildman–Crippen LogP) is 3.66. The lowest BCUT2D eigenvalue weighted by Gasteiger charge is -2.09. The minimum Gasteiger partial charge on any atom is -0.480 e. The summed E-state index contributed by atoms with van der Waals surface area (Å²) in [6.07, 6.45) is 5.22. The van der Waals surface area contributed by atoms with Gasteiger partial charge < -0.3 is 14.6 Å². The third-order valence-corrected chi connectivity index (χ3v) is 4.47. The summed E-state index contributed by atoms with van der Waals surface area (Å²) < 4.78 is 7.59. The number of hydrogen-bond acceptors (Lipinski definition) is 4. The maximum Gasteiger partial charge on any atom is 0.225 e. The number of methoxy groups -OCH3 is 1. The second-order valence-corrected chi connectivity index (χ2v) is 6.13. The van der Waals surface area contributed by atoms with Crippen molar-refractivity contribution in [1.29, 1.82) is 0 Å². The summed E-state index contributed by atoms with van der Waals surface area (Å²) in [6, 6.07) is 12.5. The van der Waals surface area contributed by atoms with Crippen molar-refractivity contribution < 1.29 is 4.74 Å². The van der Waals surface area contributed by atoms with E-state index in [2.05, 4.69) is 51.4 Å². The molecule has 0 spiro atoms. The Morgan fingerprint density at radius 3 is 2.70 bits per heavy atom. The maximum atomic E-state index is 5.49. The van der Waals surface area contributed by atoms with Gasteiger partial charge in [0.15, 0.2) is 5.65 Å². The molecule has 1 aromatic carbocycles. The van der Waals surface area contributed by atoms with Gasteiger partial charge in [0.2, 0.25) is 5.88 Å². The van der Waals surface area contributed by atoms with Crippen molar-refractivity contribution >= 4 is 16.9 Å². The maximum absolute atomic E-state index is 5.49. The smallest absolute Gasteiger partial charge is 0.225 e. The highest BCUT2D eigenvalue weighted by molar-refractivity contribution is 5.80. The molecule has 0 aliphatic heterocycles. The molecule has 0 saturated heterocycles. The Bertz CT molecular complexity index is 1010. The highest BCUT2D eigenvalue weighted by Crippen LogP contribution is 2.27. The fourth-order valence-corrected chi connectivity index (χ4v) is 3.03. The van der Waals surface area contributed by atoms with Gasteiger partial charge in [0, 0.05) is 20.5 Å². The van der Waals surface area contributed by atoms with E-state index in [4.69, 9.17) is 9.72 Å². The Morgan fingerprint density at radius 1 is 1.26 bits per heavy atom. The summed E-state index contributed by atoms with van der Waals surface area (Å²) >= 11 is 0. The van der Waals surface area contributed by atoms with Crippen LogP contribution in [0.25, 0.3) is 16.9 Å². The Balaban J connectivity index is 2.02. The lowest BCUT2D eigenvalue weighted by atomic mass is 10.1. The lowest BCUT2D eigenvalue weighted by Crippen LogP contribution is -2.07. The van der Waals surface area contributed by atoms with Crippen molar-refractivity contribution in [1.82, 2.24) is 19.9 Å². The number of nitrogens with zero attached hydrogens (tertiary/aromatic N) is 3. The molecular formula is C22H24N4O. The zero-order valence-electron chi connectivity index (χ0n) is 16.0. The summed E-state index contributed by atoms with van der Waals surface area (Å²) in [5.41, 5.74) is 7.72. The summed E-state index contributed by atoms with van der Waals surface area (Å²) in [5, 5.41) is 3.14. The van der Waals surface area contributed by atoms with Gasteiger partial charge in [0.1, 0.15) is 5.82 Å². The first-order valence-electron chi connectivity index (χ1n) is 8.88. The van der Waals surface area contributed by atoms with E-state index >= 15 is 0 Å². The van der Waals surface area contributed by atoms with Crippen LogP contribution in [0.3, 0.4) is 0 Å². The van der Waals surface area contributed by atoms with E-state index in [0.717, 1.165) is 35.4 Å². The molecule has 27 heavy (non-hydrogen) atoms. The third-order valence-electron chi connectivity index (χ3n) is 4.47. The van der Waals surface area contributed by atoms with E-state index in [1.54, 1.807) is 19.3 Å². The number of ether oxygens (including phenoxy) is 1. The molecule has 3 rings (SSSR count). The van der Waals surface area contributed by atoms with E-state index in [0.29, 0.717) is 11.5 Å². The molecule has 2 heterocycles. The number of aryl methyl sites for hydroxylation is 3. The van der Waals surface area contributed by atoms with Crippen molar-refractivity contribution in [3.8, 4) is 5.88 Å². The van der Waals surface area contributed by atoms with E-state index in [9.17, 15) is 0 Å². The first-order chi connectivity index (χ1) is 13.2. The van der Waals surface area contributed by atoms with Crippen LogP contribution >= 0.6 is 0 Å². The van der Waals surface area contributed by atoms with Crippen LogP contribution in [0.1, 0.15) is 17.0 Å². The second-order valence-electron chi connectivity index (χ2n) is 6.13. The highest BCUT2D eigenvalue weighted by Gasteiger charge is 2.16. The monoisotopic (exact) mass is 360 g/mol. The molecule has 0 fully saturated rings. The number of nitrogens with one attached hydrogen (secondary N) is 1. The molecule has 0 aliphatic rings. The summed E-state index contributed by atoms with van der Waals surface area (Å²) in [5.74, 6) is 1.52. The Hall–Kier alpha value is -3.30. The first-order valence-corrected chi connectivity index (χ1v) is 8.88. The van der Waals surface area contributed by atoms with E-state index < -0.39 is 0 Å². The van der Waals surface area contributed by atoms with Crippen LogP contribution in [0.2, 0.25) is 0 Å². The normalized spacial score (nSPS) is 10.3. The molecule has 5 heteroatoms. The molecule has 3 aromatic rings. The highest BCUT2D eigenvalue weighted by atomic mass is 16.5. The van der Waals surface area contributed by atoms with Gasteiger partial charge in [-0.3, -0.25) is 0 Å². The Morgan fingerprint density at radius 2 is 2.04 bits per heavy atom. The van der Waals surface area contributed by atoms with Crippen LogP contribution in [0, 0.1) is 0 Å². The average Bonchev–Trinajstić information content (AvgIpc) is 3.02. The van der Waals surface area contributed by atoms with Crippen LogP contribution in [-0.4, -0.2) is 28.7 Å². The quantitative estimate of drug-likeness (QED) is 0.516. The van der Waals surface area contributed by atoms with Gasteiger partial charge in [-0.05, 0) is 24.1 Å². The molecule has 0 aliphatic carbocycles. The molecule has 0 radical (unpaired) electrons.